The summed E-state index contributed by atoms with van der Waals surface area (Å²) in [5, 5.41) is 21.2. The van der Waals surface area contributed by atoms with Crippen LogP contribution < -0.4 is 5.32 Å². The Hall–Kier alpha value is -4.88. The van der Waals surface area contributed by atoms with Gasteiger partial charge in [0.05, 0.1) is 36.6 Å². The van der Waals surface area contributed by atoms with E-state index in [2.05, 4.69) is 28.8 Å². The number of benzene rings is 2. The number of hydrogen-bond acceptors (Lipinski definition) is 9. The first-order valence-electron chi connectivity index (χ1n) is 16.2. The van der Waals surface area contributed by atoms with Crippen molar-refractivity contribution in [3.8, 4) is 0 Å². The number of allylic oxidation sites excluding steroid dienone is 1. The minimum atomic E-state index is -1.29. The molecule has 2 bridgehead atoms. The van der Waals surface area contributed by atoms with Crippen LogP contribution >= 0.6 is 0 Å². The van der Waals surface area contributed by atoms with Crippen LogP contribution in [0.5, 0.6) is 0 Å². The van der Waals surface area contributed by atoms with Gasteiger partial charge in [-0.2, -0.15) is 0 Å². The SMILES string of the molecule is C=CCCC(=O)NC[C@@H](OC(=O)[C@@H]1[C@H]2C(=O)N(CCO)[C@H](C(=O)N(CC=C)Cn3nnc4ccccc43)[C@]23CC[C@H]1O3)c1ccccc1. The topological polar surface area (TPSA) is 156 Å². The average molecular weight is 657 g/mol. The fourth-order valence-electron chi connectivity index (χ4n) is 7.42. The summed E-state index contributed by atoms with van der Waals surface area (Å²) in [4.78, 5) is 58.0. The van der Waals surface area contributed by atoms with E-state index < -0.39 is 53.5 Å². The maximum Gasteiger partial charge on any atom is 0.313 e. The normalized spacial score (nSPS) is 24.7. The molecule has 48 heavy (non-hydrogen) atoms. The van der Waals surface area contributed by atoms with Crippen molar-refractivity contribution >= 4 is 34.7 Å². The molecule has 3 saturated heterocycles. The van der Waals surface area contributed by atoms with Crippen molar-refractivity contribution in [2.75, 3.05) is 26.2 Å². The van der Waals surface area contributed by atoms with Gasteiger partial charge in [0.2, 0.25) is 17.7 Å². The molecule has 13 nitrogen and oxygen atoms in total. The Balaban J connectivity index is 1.27. The van der Waals surface area contributed by atoms with Crippen molar-refractivity contribution in [3.63, 3.8) is 0 Å². The molecule has 3 aromatic rings. The van der Waals surface area contributed by atoms with Gasteiger partial charge >= 0.3 is 5.97 Å². The lowest BCUT2D eigenvalue weighted by Gasteiger charge is -2.36. The van der Waals surface area contributed by atoms with Crippen LogP contribution in [0.3, 0.4) is 0 Å². The molecule has 3 aliphatic heterocycles. The number of aromatic nitrogens is 3. The summed E-state index contributed by atoms with van der Waals surface area (Å²) in [6.07, 6.45) is 3.39. The lowest BCUT2D eigenvalue weighted by molar-refractivity contribution is -0.160. The minimum absolute atomic E-state index is 0.0376. The first kappa shape index (κ1) is 33.0. The first-order chi connectivity index (χ1) is 23.3. The predicted octanol–water partition coefficient (Wildman–Crippen LogP) is 2.14. The molecule has 4 heterocycles. The Morgan fingerprint density at radius 1 is 1.15 bits per heavy atom. The van der Waals surface area contributed by atoms with Gasteiger partial charge in [0.25, 0.3) is 0 Å². The standard InChI is InChI=1S/C35H40N6O7/c1-3-5-15-28(43)36-21-27(23-11-7-6-8-12-23)47-34(46)29-26-16-17-35(48-26)30(29)32(44)40(19-20-42)31(35)33(45)39(18-4-2)22-41-25-14-10-9-13-24(25)37-38-41/h3-4,6-14,26-27,29-31,42H,1-2,5,15-22H2,(H,36,43)/t26-,27-,29+,30+,31-,35+/m1/s1. The second kappa shape index (κ2) is 14.1. The Morgan fingerprint density at radius 2 is 1.92 bits per heavy atom. The van der Waals surface area contributed by atoms with Crippen LogP contribution in [-0.2, 0) is 35.3 Å². The number of para-hydroxylation sites is 1. The molecule has 6 atom stereocenters. The molecule has 3 aliphatic rings. The number of aliphatic hydroxyl groups excluding tert-OH is 1. The summed E-state index contributed by atoms with van der Waals surface area (Å²) in [5.41, 5.74) is 0.796. The van der Waals surface area contributed by atoms with E-state index in [4.69, 9.17) is 9.47 Å². The lowest BCUT2D eigenvalue weighted by atomic mass is 9.70. The van der Waals surface area contributed by atoms with Gasteiger partial charge in [-0.3, -0.25) is 19.2 Å². The van der Waals surface area contributed by atoms with E-state index in [0.29, 0.717) is 30.3 Å². The van der Waals surface area contributed by atoms with Crippen molar-refractivity contribution in [1.29, 1.82) is 0 Å². The van der Waals surface area contributed by atoms with E-state index in [1.165, 1.54) is 9.80 Å². The van der Waals surface area contributed by atoms with E-state index in [1.54, 1.807) is 29.0 Å². The second-order valence-electron chi connectivity index (χ2n) is 12.3. The minimum Gasteiger partial charge on any atom is -0.455 e. The Kier molecular flexibility index (Phi) is 9.69. The van der Waals surface area contributed by atoms with Gasteiger partial charge in [0.1, 0.15) is 29.9 Å². The van der Waals surface area contributed by atoms with Gasteiger partial charge in [-0.25, -0.2) is 4.68 Å². The quantitative estimate of drug-likeness (QED) is 0.185. The Labute approximate surface area is 278 Å². The third-order valence-electron chi connectivity index (χ3n) is 9.52. The Bertz CT molecular complexity index is 1690. The van der Waals surface area contributed by atoms with Gasteiger partial charge in [0.15, 0.2) is 0 Å². The molecule has 13 heteroatoms. The number of amides is 3. The molecule has 1 spiro atoms. The number of ether oxygens (including phenoxy) is 2. The van der Waals surface area contributed by atoms with Gasteiger partial charge in [0, 0.05) is 19.5 Å². The van der Waals surface area contributed by atoms with Crippen molar-refractivity contribution in [2.45, 2.75) is 56.2 Å². The molecule has 2 N–H and O–H groups in total. The molecule has 1 aromatic heterocycles. The summed E-state index contributed by atoms with van der Waals surface area (Å²) in [7, 11) is 0. The van der Waals surface area contributed by atoms with E-state index in [0.717, 1.165) is 5.52 Å². The molecule has 252 valence electrons. The number of aliphatic hydroxyl groups is 1. The van der Waals surface area contributed by atoms with Crippen LogP contribution in [0, 0.1) is 11.8 Å². The molecule has 0 aliphatic carbocycles. The molecule has 3 fully saturated rings. The van der Waals surface area contributed by atoms with Crippen LogP contribution in [0.2, 0.25) is 0 Å². The van der Waals surface area contributed by atoms with Crippen molar-refractivity contribution in [3.05, 3.63) is 85.5 Å². The average Bonchev–Trinajstić information content (AvgIpc) is 3.85. The summed E-state index contributed by atoms with van der Waals surface area (Å²) < 4.78 is 14.2. The first-order valence-corrected chi connectivity index (χ1v) is 16.2. The van der Waals surface area contributed by atoms with Crippen LogP contribution in [0.4, 0.5) is 0 Å². The summed E-state index contributed by atoms with van der Waals surface area (Å²) in [6, 6.07) is 15.4. The number of hydrogen-bond donors (Lipinski definition) is 2. The number of β-amino-alcohol motifs (C(OH)–C–C–N with tert-alkyl or cyclic N) is 1. The zero-order valence-electron chi connectivity index (χ0n) is 26.6. The van der Waals surface area contributed by atoms with E-state index in [-0.39, 0.29) is 45.2 Å². The molecular weight excluding hydrogens is 616 g/mol. The van der Waals surface area contributed by atoms with Crippen molar-refractivity contribution in [1.82, 2.24) is 30.1 Å². The third-order valence-corrected chi connectivity index (χ3v) is 9.52. The number of esters is 1. The van der Waals surface area contributed by atoms with Crippen LogP contribution in [0.25, 0.3) is 11.0 Å². The number of carbonyl (C=O) groups excluding carboxylic acids is 4. The summed E-state index contributed by atoms with van der Waals surface area (Å²) >= 11 is 0. The number of likely N-dealkylation sites (tertiary alicyclic amines) is 1. The van der Waals surface area contributed by atoms with Crippen LogP contribution in [0.1, 0.15) is 37.4 Å². The molecule has 0 saturated carbocycles. The zero-order chi connectivity index (χ0) is 33.8. The number of fused-ring (bicyclic) bond motifs is 2. The fourth-order valence-corrected chi connectivity index (χ4v) is 7.42. The maximum absolute atomic E-state index is 14.5. The summed E-state index contributed by atoms with van der Waals surface area (Å²) in [6.45, 7) is 7.21. The van der Waals surface area contributed by atoms with Gasteiger partial charge < -0.3 is 29.7 Å². The van der Waals surface area contributed by atoms with Crippen molar-refractivity contribution < 1.29 is 33.8 Å². The predicted molar refractivity (Wildman–Crippen MR) is 174 cm³/mol. The van der Waals surface area contributed by atoms with Crippen LogP contribution in [0.15, 0.2) is 79.9 Å². The number of nitrogens with zero attached hydrogens (tertiary/aromatic N) is 5. The molecule has 0 radical (unpaired) electrons. The summed E-state index contributed by atoms with van der Waals surface area (Å²) in [5.74, 6) is -3.64. The zero-order valence-corrected chi connectivity index (χ0v) is 26.6. The maximum atomic E-state index is 14.5. The lowest BCUT2D eigenvalue weighted by Crippen LogP contribution is -2.56. The largest absolute Gasteiger partial charge is 0.455 e. The number of nitrogens with one attached hydrogen (secondary N) is 1. The van der Waals surface area contributed by atoms with Gasteiger partial charge in [-0.05, 0) is 37.0 Å². The monoisotopic (exact) mass is 656 g/mol. The highest BCUT2D eigenvalue weighted by Gasteiger charge is 2.75. The molecule has 2 aromatic carbocycles. The molecule has 3 amide bonds. The number of carbonyl (C=O) groups is 4. The fraction of sp³-hybridized carbons (Fsp3) is 0.429. The second-order valence-corrected chi connectivity index (χ2v) is 12.3. The Morgan fingerprint density at radius 3 is 2.67 bits per heavy atom. The van der Waals surface area contributed by atoms with Gasteiger partial charge in [-0.1, -0.05) is 59.8 Å². The number of rotatable bonds is 15. The van der Waals surface area contributed by atoms with Crippen LogP contribution in [-0.4, -0.2) is 97.6 Å². The molecule has 6 rings (SSSR count). The molecule has 0 unspecified atom stereocenters. The van der Waals surface area contributed by atoms with Gasteiger partial charge in [-0.15, -0.1) is 18.3 Å². The third kappa shape index (κ3) is 5.99. The highest BCUT2D eigenvalue weighted by atomic mass is 16.6. The molecular formula is C35H40N6O7. The highest BCUT2D eigenvalue weighted by Crippen LogP contribution is 2.59. The smallest absolute Gasteiger partial charge is 0.313 e. The van der Waals surface area contributed by atoms with Crippen molar-refractivity contribution in [2.24, 2.45) is 11.8 Å². The van der Waals surface area contributed by atoms with E-state index in [1.807, 2.05) is 42.5 Å². The van der Waals surface area contributed by atoms with E-state index >= 15 is 0 Å². The van der Waals surface area contributed by atoms with E-state index in [9.17, 15) is 24.3 Å². The highest BCUT2D eigenvalue weighted by molar-refractivity contribution is 5.98.